The van der Waals surface area contributed by atoms with E-state index in [9.17, 15) is 0 Å². The van der Waals surface area contributed by atoms with Crippen LogP contribution in [0.5, 0.6) is 0 Å². The fourth-order valence-electron chi connectivity index (χ4n) is 3.52. The average Bonchev–Trinajstić information content (AvgIpc) is 3.18. The standard InChI is InChI=1S/C18H27N3/c1-2-18(16-9-4-3-5-10-16)19-21-14-8-11-17(21)15-20-12-6-7-13-20/h3-5,9-10,17H,2,6-8,11-15H2,1H3/b19-18+/t17-/m0/s1. The lowest BCUT2D eigenvalue weighted by Gasteiger charge is -2.27. The summed E-state index contributed by atoms with van der Waals surface area (Å²) in [6, 6.07) is 11.2. The van der Waals surface area contributed by atoms with Crippen LogP contribution in [0.15, 0.2) is 35.4 Å². The summed E-state index contributed by atoms with van der Waals surface area (Å²) in [5, 5.41) is 7.38. The minimum atomic E-state index is 0.619. The Morgan fingerprint density at radius 1 is 1.10 bits per heavy atom. The van der Waals surface area contributed by atoms with Crippen LogP contribution in [0, 0.1) is 0 Å². The molecule has 0 radical (unpaired) electrons. The van der Waals surface area contributed by atoms with Gasteiger partial charge >= 0.3 is 0 Å². The van der Waals surface area contributed by atoms with Gasteiger partial charge in [-0.15, -0.1) is 0 Å². The summed E-state index contributed by atoms with van der Waals surface area (Å²) in [5.41, 5.74) is 2.50. The summed E-state index contributed by atoms with van der Waals surface area (Å²) in [7, 11) is 0. The van der Waals surface area contributed by atoms with Crippen LogP contribution >= 0.6 is 0 Å². The van der Waals surface area contributed by atoms with Crippen molar-refractivity contribution in [3.63, 3.8) is 0 Å². The van der Waals surface area contributed by atoms with E-state index >= 15 is 0 Å². The summed E-state index contributed by atoms with van der Waals surface area (Å²) in [4.78, 5) is 2.62. The number of rotatable bonds is 5. The molecule has 21 heavy (non-hydrogen) atoms. The molecule has 3 rings (SSSR count). The third kappa shape index (κ3) is 3.65. The molecule has 0 aliphatic carbocycles. The zero-order chi connectivity index (χ0) is 14.5. The molecule has 3 heteroatoms. The molecule has 0 N–H and O–H groups in total. The lowest BCUT2D eigenvalue weighted by Crippen LogP contribution is -2.37. The van der Waals surface area contributed by atoms with Crippen LogP contribution in [0.4, 0.5) is 0 Å². The van der Waals surface area contributed by atoms with Gasteiger partial charge in [0, 0.05) is 13.1 Å². The van der Waals surface area contributed by atoms with Crippen LogP contribution in [-0.2, 0) is 0 Å². The molecular weight excluding hydrogens is 258 g/mol. The van der Waals surface area contributed by atoms with Gasteiger partial charge in [-0.05, 0) is 50.8 Å². The highest BCUT2D eigenvalue weighted by atomic mass is 15.5. The van der Waals surface area contributed by atoms with Gasteiger partial charge in [-0.3, -0.25) is 5.01 Å². The highest BCUT2D eigenvalue weighted by molar-refractivity contribution is 6.00. The molecule has 0 aromatic heterocycles. The van der Waals surface area contributed by atoms with Crippen molar-refractivity contribution in [2.45, 2.75) is 45.1 Å². The molecule has 3 nitrogen and oxygen atoms in total. The number of hydrogen-bond donors (Lipinski definition) is 0. The first-order chi connectivity index (χ1) is 10.4. The lowest BCUT2D eigenvalue weighted by molar-refractivity contribution is 0.197. The van der Waals surface area contributed by atoms with E-state index in [2.05, 4.69) is 47.2 Å². The van der Waals surface area contributed by atoms with Gasteiger partial charge in [-0.2, -0.15) is 5.10 Å². The van der Waals surface area contributed by atoms with E-state index in [1.807, 2.05) is 0 Å². The molecule has 2 aliphatic heterocycles. The Balaban J connectivity index is 1.70. The Morgan fingerprint density at radius 3 is 2.57 bits per heavy atom. The minimum Gasteiger partial charge on any atom is -0.301 e. The van der Waals surface area contributed by atoms with Gasteiger partial charge in [-0.25, -0.2) is 0 Å². The second kappa shape index (κ2) is 7.08. The van der Waals surface area contributed by atoms with Crippen molar-refractivity contribution in [3.8, 4) is 0 Å². The Bertz CT molecular complexity index is 463. The Kier molecular flexibility index (Phi) is 4.91. The van der Waals surface area contributed by atoms with E-state index in [1.54, 1.807) is 0 Å². The van der Waals surface area contributed by atoms with E-state index < -0.39 is 0 Å². The molecule has 1 atom stereocenters. The monoisotopic (exact) mass is 285 g/mol. The van der Waals surface area contributed by atoms with Crippen molar-refractivity contribution < 1.29 is 0 Å². The predicted octanol–water partition coefficient (Wildman–Crippen LogP) is 3.36. The molecule has 2 heterocycles. The Labute approximate surface area is 128 Å². The van der Waals surface area contributed by atoms with E-state index in [-0.39, 0.29) is 0 Å². The molecular formula is C18H27N3. The lowest BCUT2D eigenvalue weighted by atomic mass is 10.1. The Hall–Kier alpha value is -1.35. The molecule has 0 amide bonds. The maximum atomic E-state index is 5.01. The van der Waals surface area contributed by atoms with E-state index in [0.29, 0.717) is 6.04 Å². The summed E-state index contributed by atoms with van der Waals surface area (Å²) in [6.07, 6.45) is 6.33. The summed E-state index contributed by atoms with van der Waals surface area (Å²) >= 11 is 0. The maximum absolute atomic E-state index is 5.01. The number of benzene rings is 1. The van der Waals surface area contributed by atoms with E-state index in [0.717, 1.165) is 13.0 Å². The maximum Gasteiger partial charge on any atom is 0.0674 e. The van der Waals surface area contributed by atoms with Crippen molar-refractivity contribution in [2.75, 3.05) is 26.2 Å². The zero-order valence-corrected chi connectivity index (χ0v) is 13.2. The Morgan fingerprint density at radius 2 is 1.86 bits per heavy atom. The van der Waals surface area contributed by atoms with Gasteiger partial charge in [-0.1, -0.05) is 37.3 Å². The fourth-order valence-corrected chi connectivity index (χ4v) is 3.52. The molecule has 0 bridgehead atoms. The second-order valence-electron chi connectivity index (χ2n) is 6.23. The molecule has 2 saturated heterocycles. The molecule has 0 unspecified atom stereocenters. The van der Waals surface area contributed by atoms with Crippen molar-refractivity contribution in [3.05, 3.63) is 35.9 Å². The van der Waals surface area contributed by atoms with Crippen LogP contribution in [0.3, 0.4) is 0 Å². The minimum absolute atomic E-state index is 0.619. The van der Waals surface area contributed by atoms with Gasteiger partial charge in [0.15, 0.2) is 0 Å². The van der Waals surface area contributed by atoms with E-state index in [4.69, 9.17) is 5.10 Å². The quantitative estimate of drug-likeness (QED) is 0.773. The van der Waals surface area contributed by atoms with Gasteiger partial charge < -0.3 is 4.90 Å². The zero-order valence-electron chi connectivity index (χ0n) is 13.2. The van der Waals surface area contributed by atoms with Crippen LogP contribution in [0.1, 0.15) is 44.6 Å². The number of nitrogens with zero attached hydrogens (tertiary/aromatic N) is 3. The molecule has 2 aliphatic rings. The third-order valence-electron chi connectivity index (χ3n) is 4.70. The molecule has 1 aromatic rings. The van der Waals surface area contributed by atoms with Crippen molar-refractivity contribution >= 4 is 5.71 Å². The summed E-state index contributed by atoms with van der Waals surface area (Å²) in [5.74, 6) is 0. The topological polar surface area (TPSA) is 18.8 Å². The van der Waals surface area contributed by atoms with Crippen LogP contribution in [-0.4, -0.2) is 47.8 Å². The van der Waals surface area contributed by atoms with Crippen LogP contribution in [0.2, 0.25) is 0 Å². The molecule has 1 aromatic carbocycles. The van der Waals surface area contributed by atoms with Crippen LogP contribution < -0.4 is 0 Å². The SMILES string of the molecule is CC/C(=N\N1CCC[C@H]1CN1CCCC1)c1ccccc1. The van der Waals surface area contributed by atoms with E-state index in [1.165, 1.54) is 56.6 Å². The smallest absolute Gasteiger partial charge is 0.0674 e. The van der Waals surface area contributed by atoms with Gasteiger partial charge in [0.1, 0.15) is 0 Å². The molecule has 2 fully saturated rings. The first kappa shape index (κ1) is 14.6. The average molecular weight is 285 g/mol. The summed E-state index contributed by atoms with van der Waals surface area (Å²) in [6.45, 7) is 7.10. The predicted molar refractivity (Wildman–Crippen MR) is 88.7 cm³/mol. The summed E-state index contributed by atoms with van der Waals surface area (Å²) < 4.78 is 0. The molecule has 114 valence electrons. The van der Waals surface area contributed by atoms with Gasteiger partial charge in [0.05, 0.1) is 11.8 Å². The largest absolute Gasteiger partial charge is 0.301 e. The van der Waals surface area contributed by atoms with Gasteiger partial charge in [0.2, 0.25) is 0 Å². The van der Waals surface area contributed by atoms with Crippen molar-refractivity contribution in [1.82, 2.24) is 9.91 Å². The highest BCUT2D eigenvalue weighted by Crippen LogP contribution is 2.21. The fraction of sp³-hybridized carbons (Fsp3) is 0.611. The van der Waals surface area contributed by atoms with Crippen molar-refractivity contribution in [2.24, 2.45) is 5.10 Å². The highest BCUT2D eigenvalue weighted by Gasteiger charge is 2.26. The molecule has 0 saturated carbocycles. The first-order valence-corrected chi connectivity index (χ1v) is 8.48. The van der Waals surface area contributed by atoms with Gasteiger partial charge in [0.25, 0.3) is 0 Å². The van der Waals surface area contributed by atoms with Crippen LogP contribution in [0.25, 0.3) is 0 Å². The second-order valence-corrected chi connectivity index (χ2v) is 6.23. The van der Waals surface area contributed by atoms with Crippen molar-refractivity contribution in [1.29, 1.82) is 0 Å². The normalized spacial score (nSPS) is 24.0. The number of hydrogen-bond acceptors (Lipinski definition) is 3. The number of likely N-dealkylation sites (tertiary alicyclic amines) is 1. The molecule has 0 spiro atoms. The first-order valence-electron chi connectivity index (χ1n) is 8.48. The number of hydrazone groups is 1. The third-order valence-corrected chi connectivity index (χ3v) is 4.70.